The second-order valence-electron chi connectivity index (χ2n) is 5.42. The maximum Gasteiger partial charge on any atom is 0.162 e. The van der Waals surface area contributed by atoms with Gasteiger partial charge < -0.3 is 9.47 Å². The van der Waals surface area contributed by atoms with E-state index in [1.807, 2.05) is 0 Å². The van der Waals surface area contributed by atoms with Gasteiger partial charge in [-0.25, -0.2) is 0 Å². The fraction of sp³-hybridized carbons (Fsp3) is 1.00. The van der Waals surface area contributed by atoms with Crippen molar-refractivity contribution in [1.82, 2.24) is 0 Å². The van der Waals surface area contributed by atoms with Crippen LogP contribution in [0.15, 0.2) is 0 Å². The van der Waals surface area contributed by atoms with Crippen LogP contribution in [0.3, 0.4) is 0 Å². The van der Waals surface area contributed by atoms with Crippen LogP contribution in [-0.2, 0) is 9.47 Å². The van der Waals surface area contributed by atoms with Gasteiger partial charge >= 0.3 is 0 Å². The predicted octanol–water partition coefficient (Wildman–Crippen LogP) is 3.11. The van der Waals surface area contributed by atoms with Crippen molar-refractivity contribution in [3.63, 3.8) is 0 Å². The normalized spacial score (nSPS) is 38.6. The number of fused-ring (bicyclic) bond motifs is 1. The highest BCUT2D eigenvalue weighted by Crippen LogP contribution is 2.49. The Morgan fingerprint density at radius 3 is 2.21 bits per heavy atom. The quantitative estimate of drug-likeness (QED) is 0.678. The SMILES string of the molecule is CCC1(CC)C[C@@H]2CC(C)(C)O[C@@H]2O1. The predicted molar refractivity (Wildman–Crippen MR) is 56.1 cm³/mol. The van der Waals surface area contributed by atoms with Crippen molar-refractivity contribution in [1.29, 1.82) is 0 Å². The van der Waals surface area contributed by atoms with Gasteiger partial charge in [-0.2, -0.15) is 0 Å². The van der Waals surface area contributed by atoms with Crippen molar-refractivity contribution in [3.05, 3.63) is 0 Å². The average molecular weight is 198 g/mol. The van der Waals surface area contributed by atoms with Crippen LogP contribution < -0.4 is 0 Å². The molecular weight excluding hydrogens is 176 g/mol. The van der Waals surface area contributed by atoms with Gasteiger partial charge in [0.15, 0.2) is 6.29 Å². The summed E-state index contributed by atoms with van der Waals surface area (Å²) in [4.78, 5) is 0. The first-order valence-corrected chi connectivity index (χ1v) is 5.86. The van der Waals surface area contributed by atoms with Crippen LogP contribution in [0.2, 0.25) is 0 Å². The molecule has 0 aromatic heterocycles. The number of hydrogen-bond donors (Lipinski definition) is 0. The first kappa shape index (κ1) is 10.4. The van der Waals surface area contributed by atoms with E-state index in [9.17, 15) is 0 Å². The molecule has 0 unspecified atom stereocenters. The summed E-state index contributed by atoms with van der Waals surface area (Å²) in [6, 6.07) is 0. The molecule has 0 aromatic carbocycles. The molecular formula is C12H22O2. The fourth-order valence-corrected chi connectivity index (χ4v) is 2.95. The molecule has 2 aliphatic rings. The van der Waals surface area contributed by atoms with Crippen molar-refractivity contribution in [2.45, 2.75) is 70.9 Å². The van der Waals surface area contributed by atoms with Gasteiger partial charge in [-0.1, -0.05) is 13.8 Å². The van der Waals surface area contributed by atoms with E-state index >= 15 is 0 Å². The third-order valence-electron chi connectivity index (χ3n) is 3.86. The first-order valence-electron chi connectivity index (χ1n) is 5.86. The van der Waals surface area contributed by atoms with Gasteiger partial charge in [-0.15, -0.1) is 0 Å². The van der Waals surface area contributed by atoms with Gasteiger partial charge in [0.05, 0.1) is 11.2 Å². The lowest BCUT2D eigenvalue weighted by Gasteiger charge is -2.29. The summed E-state index contributed by atoms with van der Waals surface area (Å²) in [6.45, 7) is 8.76. The van der Waals surface area contributed by atoms with Crippen LogP contribution in [0.4, 0.5) is 0 Å². The Labute approximate surface area is 87.0 Å². The fourth-order valence-electron chi connectivity index (χ4n) is 2.95. The van der Waals surface area contributed by atoms with Gasteiger partial charge in [-0.3, -0.25) is 0 Å². The van der Waals surface area contributed by atoms with Gasteiger partial charge in [0.25, 0.3) is 0 Å². The molecule has 0 spiro atoms. The third kappa shape index (κ3) is 1.59. The monoisotopic (exact) mass is 198 g/mol. The summed E-state index contributed by atoms with van der Waals surface area (Å²) in [5.74, 6) is 0.630. The van der Waals surface area contributed by atoms with Crippen molar-refractivity contribution >= 4 is 0 Å². The van der Waals surface area contributed by atoms with Crippen molar-refractivity contribution in [2.24, 2.45) is 5.92 Å². The van der Waals surface area contributed by atoms with Crippen LogP contribution in [0.25, 0.3) is 0 Å². The first-order chi connectivity index (χ1) is 6.50. The molecule has 0 radical (unpaired) electrons. The molecule has 0 N–H and O–H groups in total. The van der Waals surface area contributed by atoms with Gasteiger partial charge in [-0.05, 0) is 39.5 Å². The maximum atomic E-state index is 6.08. The molecule has 2 fully saturated rings. The minimum atomic E-state index is 0.0307. The number of ether oxygens (including phenoxy) is 2. The lowest BCUT2D eigenvalue weighted by molar-refractivity contribution is -0.193. The zero-order valence-corrected chi connectivity index (χ0v) is 9.80. The summed E-state index contributed by atoms with van der Waals surface area (Å²) in [6.07, 6.45) is 4.64. The van der Waals surface area contributed by atoms with Gasteiger partial charge in [0.1, 0.15) is 0 Å². The summed E-state index contributed by atoms with van der Waals surface area (Å²) in [5, 5.41) is 0. The molecule has 14 heavy (non-hydrogen) atoms. The van der Waals surface area contributed by atoms with Crippen LogP contribution in [0, 0.1) is 5.92 Å². The average Bonchev–Trinajstić information content (AvgIpc) is 2.55. The number of hydrogen-bond acceptors (Lipinski definition) is 2. The van der Waals surface area contributed by atoms with E-state index in [1.165, 1.54) is 6.42 Å². The lowest BCUT2D eigenvalue weighted by Crippen LogP contribution is -2.31. The molecule has 0 aliphatic carbocycles. The molecule has 0 bridgehead atoms. The van der Waals surface area contributed by atoms with E-state index < -0.39 is 0 Å². The summed E-state index contributed by atoms with van der Waals surface area (Å²) in [7, 11) is 0. The molecule has 2 aliphatic heterocycles. The third-order valence-corrected chi connectivity index (χ3v) is 3.86. The smallest absolute Gasteiger partial charge is 0.162 e. The van der Waals surface area contributed by atoms with E-state index in [0.29, 0.717) is 5.92 Å². The van der Waals surface area contributed by atoms with E-state index in [0.717, 1.165) is 19.3 Å². The highest BCUT2D eigenvalue weighted by Gasteiger charge is 2.52. The molecule has 2 nitrogen and oxygen atoms in total. The Kier molecular flexibility index (Phi) is 2.39. The summed E-state index contributed by atoms with van der Waals surface area (Å²) in [5.41, 5.74) is 0.148. The van der Waals surface area contributed by atoms with Crippen LogP contribution in [-0.4, -0.2) is 17.5 Å². The number of rotatable bonds is 2. The minimum absolute atomic E-state index is 0.0307. The van der Waals surface area contributed by atoms with E-state index in [2.05, 4.69) is 27.7 Å². The Bertz CT molecular complexity index is 200. The topological polar surface area (TPSA) is 18.5 Å². The summed E-state index contributed by atoms with van der Waals surface area (Å²) < 4.78 is 12.0. The molecule has 2 saturated heterocycles. The Hall–Kier alpha value is -0.0800. The van der Waals surface area contributed by atoms with Crippen molar-refractivity contribution < 1.29 is 9.47 Å². The lowest BCUT2D eigenvalue weighted by atomic mass is 9.86. The van der Waals surface area contributed by atoms with Crippen LogP contribution in [0.5, 0.6) is 0 Å². The standard InChI is InChI=1S/C12H22O2/c1-5-12(6-2)8-9-7-11(3,4)13-10(9)14-12/h9-10H,5-8H2,1-4H3/t9-,10+/m0/s1. The molecule has 2 rings (SSSR count). The highest BCUT2D eigenvalue weighted by molar-refractivity contribution is 4.96. The molecule has 82 valence electrons. The molecule has 2 heteroatoms. The van der Waals surface area contributed by atoms with Gasteiger partial charge in [0, 0.05) is 5.92 Å². The van der Waals surface area contributed by atoms with Crippen LogP contribution in [0.1, 0.15) is 53.4 Å². The Balaban J connectivity index is 2.06. The molecule has 2 heterocycles. The van der Waals surface area contributed by atoms with Crippen molar-refractivity contribution in [3.8, 4) is 0 Å². The van der Waals surface area contributed by atoms with Crippen molar-refractivity contribution in [2.75, 3.05) is 0 Å². The molecule has 0 saturated carbocycles. The second-order valence-corrected chi connectivity index (χ2v) is 5.42. The van der Waals surface area contributed by atoms with E-state index in [1.54, 1.807) is 0 Å². The van der Waals surface area contributed by atoms with Gasteiger partial charge in [0.2, 0.25) is 0 Å². The minimum Gasteiger partial charge on any atom is -0.346 e. The second kappa shape index (κ2) is 3.21. The zero-order chi connectivity index (χ0) is 10.4. The van der Waals surface area contributed by atoms with E-state index in [4.69, 9.17) is 9.47 Å². The largest absolute Gasteiger partial charge is 0.346 e. The van der Waals surface area contributed by atoms with Crippen LogP contribution >= 0.6 is 0 Å². The highest BCUT2D eigenvalue weighted by atomic mass is 16.7. The van der Waals surface area contributed by atoms with E-state index in [-0.39, 0.29) is 17.5 Å². The Morgan fingerprint density at radius 1 is 1.07 bits per heavy atom. The molecule has 2 atom stereocenters. The molecule has 0 amide bonds. The maximum absolute atomic E-state index is 6.08. The zero-order valence-electron chi connectivity index (χ0n) is 9.80. The Morgan fingerprint density at radius 2 is 1.71 bits per heavy atom. The molecule has 0 aromatic rings. The summed E-state index contributed by atoms with van der Waals surface area (Å²) >= 11 is 0.